The summed E-state index contributed by atoms with van der Waals surface area (Å²) in [6, 6.07) is 9.91. The van der Waals surface area contributed by atoms with Gasteiger partial charge in [-0.1, -0.05) is 30.3 Å². The minimum Gasteiger partial charge on any atom is -0.349 e. The number of amides is 1. The summed E-state index contributed by atoms with van der Waals surface area (Å²) in [6.07, 6.45) is 0. The van der Waals surface area contributed by atoms with E-state index in [0.717, 1.165) is 5.56 Å². The van der Waals surface area contributed by atoms with Crippen LogP contribution in [0.5, 0.6) is 0 Å². The highest BCUT2D eigenvalue weighted by Gasteiger charge is 2.46. The van der Waals surface area contributed by atoms with Crippen molar-refractivity contribution in [3.63, 3.8) is 0 Å². The Labute approximate surface area is 78.0 Å². The fourth-order valence-corrected chi connectivity index (χ4v) is 1.93. The van der Waals surface area contributed by atoms with E-state index in [9.17, 15) is 4.79 Å². The van der Waals surface area contributed by atoms with Crippen LogP contribution in [-0.2, 0) is 4.79 Å². The molecule has 2 rings (SSSR count). The minimum absolute atomic E-state index is 0.0219. The average molecular weight is 175 g/mol. The molecule has 1 atom stereocenters. The molecule has 2 heteroatoms. The fourth-order valence-electron chi connectivity index (χ4n) is 1.93. The Balaban J connectivity index is 2.32. The summed E-state index contributed by atoms with van der Waals surface area (Å²) in [5.74, 6) is 0.157. The van der Waals surface area contributed by atoms with Crippen molar-refractivity contribution in [2.45, 2.75) is 25.3 Å². The van der Waals surface area contributed by atoms with Gasteiger partial charge in [-0.15, -0.1) is 0 Å². The third kappa shape index (κ3) is 1.22. The van der Waals surface area contributed by atoms with Crippen LogP contribution in [0.3, 0.4) is 0 Å². The van der Waals surface area contributed by atoms with Crippen LogP contribution in [0.2, 0.25) is 0 Å². The number of rotatable bonds is 1. The van der Waals surface area contributed by atoms with Gasteiger partial charge in [0.25, 0.3) is 0 Å². The zero-order chi connectivity index (χ0) is 9.47. The first kappa shape index (κ1) is 8.30. The summed E-state index contributed by atoms with van der Waals surface area (Å²) in [5, 5.41) is 2.89. The zero-order valence-corrected chi connectivity index (χ0v) is 7.87. The molecule has 1 aromatic carbocycles. The van der Waals surface area contributed by atoms with Crippen molar-refractivity contribution in [1.29, 1.82) is 0 Å². The molecule has 0 aliphatic carbocycles. The highest BCUT2D eigenvalue weighted by Crippen LogP contribution is 2.35. The summed E-state index contributed by atoms with van der Waals surface area (Å²) in [5.41, 5.74) is 1.02. The summed E-state index contributed by atoms with van der Waals surface area (Å²) in [4.78, 5) is 11.3. The van der Waals surface area contributed by atoms with E-state index < -0.39 is 0 Å². The summed E-state index contributed by atoms with van der Waals surface area (Å²) < 4.78 is 0. The van der Waals surface area contributed by atoms with E-state index in [1.54, 1.807) is 0 Å². The van der Waals surface area contributed by atoms with Crippen molar-refractivity contribution in [1.82, 2.24) is 5.32 Å². The van der Waals surface area contributed by atoms with Gasteiger partial charge < -0.3 is 5.32 Å². The van der Waals surface area contributed by atoms with Crippen LogP contribution in [0.15, 0.2) is 30.3 Å². The molecule has 0 bridgehead atoms. The molecule has 1 aromatic rings. The first-order chi connectivity index (χ1) is 6.11. The second-order valence-corrected chi connectivity index (χ2v) is 4.05. The van der Waals surface area contributed by atoms with Crippen molar-refractivity contribution >= 4 is 5.91 Å². The summed E-state index contributed by atoms with van der Waals surface area (Å²) in [6.45, 7) is 4.10. The molecule has 1 fully saturated rings. The Morgan fingerprint density at radius 3 is 2.31 bits per heavy atom. The number of hydrogen-bond donors (Lipinski definition) is 1. The lowest BCUT2D eigenvalue weighted by molar-refractivity contribution is -0.134. The Kier molecular flexibility index (Phi) is 1.65. The molecular formula is C11H13NO. The van der Waals surface area contributed by atoms with Crippen LogP contribution in [0, 0.1) is 0 Å². The SMILES string of the molecule is CC1(C)NC(=O)C1c1ccccc1. The molecule has 1 amide bonds. The van der Waals surface area contributed by atoms with Gasteiger partial charge in [-0.3, -0.25) is 4.79 Å². The normalized spacial score (nSPS) is 24.8. The number of benzene rings is 1. The lowest BCUT2D eigenvalue weighted by Crippen LogP contribution is -2.63. The molecule has 1 N–H and O–H groups in total. The number of β-lactam (4-membered cyclic amide) rings is 1. The van der Waals surface area contributed by atoms with E-state index in [0.29, 0.717) is 0 Å². The van der Waals surface area contributed by atoms with Crippen LogP contribution in [-0.4, -0.2) is 11.4 Å². The van der Waals surface area contributed by atoms with E-state index in [4.69, 9.17) is 0 Å². The van der Waals surface area contributed by atoms with Gasteiger partial charge in [-0.25, -0.2) is 0 Å². The second kappa shape index (κ2) is 2.59. The molecule has 13 heavy (non-hydrogen) atoms. The highest BCUT2D eigenvalue weighted by atomic mass is 16.2. The lowest BCUT2D eigenvalue weighted by Gasteiger charge is -2.44. The molecule has 0 radical (unpaired) electrons. The standard InChI is InChI=1S/C11H13NO/c1-11(2)9(10(13)12-11)8-6-4-3-5-7-8/h3-7,9H,1-2H3,(H,12,13). The third-order valence-corrected chi connectivity index (χ3v) is 2.56. The highest BCUT2D eigenvalue weighted by molar-refractivity contribution is 5.92. The lowest BCUT2D eigenvalue weighted by atomic mass is 9.74. The molecule has 0 saturated carbocycles. The van der Waals surface area contributed by atoms with E-state index in [1.165, 1.54) is 0 Å². The fraction of sp³-hybridized carbons (Fsp3) is 0.364. The quantitative estimate of drug-likeness (QED) is 0.646. The molecule has 1 saturated heterocycles. The third-order valence-electron chi connectivity index (χ3n) is 2.56. The van der Waals surface area contributed by atoms with Gasteiger partial charge >= 0.3 is 0 Å². The minimum atomic E-state index is -0.0849. The van der Waals surface area contributed by atoms with Crippen LogP contribution < -0.4 is 5.32 Å². The molecule has 68 valence electrons. The van der Waals surface area contributed by atoms with Crippen LogP contribution in [0.1, 0.15) is 25.3 Å². The van der Waals surface area contributed by atoms with Crippen molar-refractivity contribution in [2.75, 3.05) is 0 Å². The van der Waals surface area contributed by atoms with Crippen molar-refractivity contribution in [3.05, 3.63) is 35.9 Å². The maximum Gasteiger partial charge on any atom is 0.230 e. The molecule has 0 spiro atoms. The van der Waals surface area contributed by atoms with Gasteiger partial charge in [0.05, 0.1) is 11.5 Å². The molecule has 1 heterocycles. The maximum atomic E-state index is 11.3. The number of carbonyl (C=O) groups is 1. The van der Waals surface area contributed by atoms with Crippen LogP contribution in [0.25, 0.3) is 0 Å². The molecule has 1 aliphatic heterocycles. The monoisotopic (exact) mass is 175 g/mol. The van der Waals surface area contributed by atoms with E-state index in [2.05, 4.69) is 5.32 Å². The maximum absolute atomic E-state index is 11.3. The topological polar surface area (TPSA) is 29.1 Å². The Morgan fingerprint density at radius 2 is 1.85 bits per heavy atom. The van der Waals surface area contributed by atoms with Crippen LogP contribution in [0.4, 0.5) is 0 Å². The van der Waals surface area contributed by atoms with Crippen LogP contribution >= 0.6 is 0 Å². The number of carbonyl (C=O) groups excluding carboxylic acids is 1. The largest absolute Gasteiger partial charge is 0.349 e. The first-order valence-corrected chi connectivity index (χ1v) is 4.48. The Bertz CT molecular complexity index is 329. The zero-order valence-electron chi connectivity index (χ0n) is 7.87. The van der Waals surface area contributed by atoms with Gasteiger partial charge in [0.2, 0.25) is 5.91 Å². The van der Waals surface area contributed by atoms with E-state index >= 15 is 0 Å². The molecular weight excluding hydrogens is 162 g/mol. The van der Waals surface area contributed by atoms with Gasteiger partial charge in [0, 0.05) is 0 Å². The molecule has 2 nitrogen and oxygen atoms in total. The Morgan fingerprint density at radius 1 is 1.23 bits per heavy atom. The predicted molar refractivity (Wildman–Crippen MR) is 51.4 cm³/mol. The van der Waals surface area contributed by atoms with Gasteiger partial charge in [-0.05, 0) is 19.4 Å². The average Bonchev–Trinajstić information content (AvgIpc) is 2.04. The second-order valence-electron chi connectivity index (χ2n) is 4.05. The smallest absolute Gasteiger partial charge is 0.230 e. The van der Waals surface area contributed by atoms with E-state index in [1.807, 2.05) is 44.2 Å². The van der Waals surface area contributed by atoms with Crippen molar-refractivity contribution in [2.24, 2.45) is 0 Å². The Hall–Kier alpha value is -1.31. The van der Waals surface area contributed by atoms with E-state index in [-0.39, 0.29) is 17.4 Å². The summed E-state index contributed by atoms with van der Waals surface area (Å²) >= 11 is 0. The number of nitrogens with one attached hydrogen (secondary N) is 1. The summed E-state index contributed by atoms with van der Waals surface area (Å²) in [7, 11) is 0. The molecule has 0 aromatic heterocycles. The molecule has 1 aliphatic rings. The molecule has 1 unspecified atom stereocenters. The van der Waals surface area contributed by atoms with Gasteiger partial charge in [0.1, 0.15) is 0 Å². The van der Waals surface area contributed by atoms with Gasteiger partial charge in [-0.2, -0.15) is 0 Å². The predicted octanol–water partition coefficient (Wildman–Crippen LogP) is 1.68. The number of hydrogen-bond acceptors (Lipinski definition) is 1. The van der Waals surface area contributed by atoms with Gasteiger partial charge in [0.15, 0.2) is 0 Å². The van der Waals surface area contributed by atoms with Crippen molar-refractivity contribution < 1.29 is 4.79 Å². The van der Waals surface area contributed by atoms with Crippen molar-refractivity contribution in [3.8, 4) is 0 Å². The first-order valence-electron chi connectivity index (χ1n) is 4.48.